The summed E-state index contributed by atoms with van der Waals surface area (Å²) in [7, 11) is 0. The summed E-state index contributed by atoms with van der Waals surface area (Å²) >= 11 is 0. The lowest BCUT2D eigenvalue weighted by atomic mass is 9.97. The van der Waals surface area contributed by atoms with Crippen LogP contribution in [0.5, 0.6) is 0 Å². The van der Waals surface area contributed by atoms with E-state index in [4.69, 9.17) is 24.7 Å². The van der Waals surface area contributed by atoms with Crippen molar-refractivity contribution < 1.29 is 38.4 Å². The zero-order chi connectivity index (χ0) is 19.3. The number of benzene rings is 1. The maximum Gasteiger partial charge on any atom is 0.305 e. The fourth-order valence-electron chi connectivity index (χ4n) is 2.59. The number of ether oxygens (including phenoxy) is 4. The fourth-order valence-corrected chi connectivity index (χ4v) is 2.59. The number of nitrogens with two attached hydrogens (primary N) is 1. The van der Waals surface area contributed by atoms with E-state index < -0.39 is 48.6 Å². The molecule has 0 spiro atoms. The Morgan fingerprint density at radius 1 is 1.08 bits per heavy atom. The number of rotatable bonds is 6. The molecule has 142 valence electrons. The maximum absolute atomic E-state index is 11.6. The zero-order valence-electron chi connectivity index (χ0n) is 14.4. The Bertz CT molecular complexity index is 649. The quantitative estimate of drug-likeness (QED) is 0.651. The van der Waals surface area contributed by atoms with Gasteiger partial charge in [-0.1, -0.05) is 30.3 Å². The first-order chi connectivity index (χ1) is 12.3. The lowest BCUT2D eigenvalue weighted by Gasteiger charge is -2.42. The molecule has 0 radical (unpaired) electrons. The molecule has 1 aromatic carbocycles. The Balaban J connectivity index is 2.26. The molecule has 1 amide bonds. The highest BCUT2D eigenvalue weighted by molar-refractivity contribution is 5.80. The molecule has 1 aliphatic rings. The second-order valence-corrected chi connectivity index (χ2v) is 5.76. The summed E-state index contributed by atoms with van der Waals surface area (Å²) in [6.07, 6.45) is -6.93. The van der Waals surface area contributed by atoms with E-state index in [-0.39, 0.29) is 6.61 Å². The monoisotopic (exact) mass is 367 g/mol. The molecule has 5 atom stereocenters. The molecular weight excluding hydrogens is 346 g/mol. The first kappa shape index (κ1) is 19.8. The average Bonchev–Trinajstić information content (AvgIpc) is 2.56. The number of amides is 1. The van der Waals surface area contributed by atoms with Gasteiger partial charge in [0.1, 0.15) is 12.2 Å². The Morgan fingerprint density at radius 2 is 1.69 bits per heavy atom. The zero-order valence-corrected chi connectivity index (χ0v) is 14.4. The van der Waals surface area contributed by atoms with Gasteiger partial charge in [-0.05, 0) is 5.56 Å². The molecule has 0 aliphatic carbocycles. The molecule has 0 bridgehead atoms. The highest BCUT2D eigenvalue weighted by Gasteiger charge is 2.51. The van der Waals surface area contributed by atoms with Gasteiger partial charge in [0.25, 0.3) is 0 Å². The highest BCUT2D eigenvalue weighted by atomic mass is 16.7. The Labute approximate surface area is 150 Å². The first-order valence-electron chi connectivity index (χ1n) is 7.92. The molecule has 1 heterocycles. The van der Waals surface area contributed by atoms with Crippen molar-refractivity contribution in [2.75, 3.05) is 0 Å². The second kappa shape index (κ2) is 8.75. The van der Waals surface area contributed by atoms with Crippen LogP contribution in [-0.4, -0.2) is 53.7 Å². The molecule has 1 aliphatic heterocycles. The minimum Gasteiger partial charge on any atom is -0.453 e. The molecule has 1 aromatic rings. The van der Waals surface area contributed by atoms with Crippen LogP contribution in [0.2, 0.25) is 0 Å². The van der Waals surface area contributed by atoms with Crippen molar-refractivity contribution in [3.8, 4) is 0 Å². The SMILES string of the molecule is CC(=O)O[C@H]1O[C@@H](C(N)=O)[C@@H](O)[C@H](OCc2ccccc2)[C@H]1OC(C)=O. The molecule has 2 rings (SSSR count). The van der Waals surface area contributed by atoms with Crippen molar-refractivity contribution in [1.82, 2.24) is 0 Å². The molecule has 9 heteroatoms. The molecule has 0 unspecified atom stereocenters. The van der Waals surface area contributed by atoms with Crippen LogP contribution in [0.1, 0.15) is 19.4 Å². The lowest BCUT2D eigenvalue weighted by Crippen LogP contribution is -2.63. The third kappa shape index (κ3) is 5.01. The number of carbonyl (C=O) groups is 3. The lowest BCUT2D eigenvalue weighted by molar-refractivity contribution is -0.293. The Morgan fingerprint density at radius 3 is 2.23 bits per heavy atom. The summed E-state index contributed by atoms with van der Waals surface area (Å²) in [6.45, 7) is 2.32. The van der Waals surface area contributed by atoms with Crippen LogP contribution in [0.3, 0.4) is 0 Å². The van der Waals surface area contributed by atoms with E-state index in [9.17, 15) is 19.5 Å². The standard InChI is InChI=1S/C17H21NO8/c1-9(19)24-15-13(23-8-11-6-4-3-5-7-11)12(21)14(16(18)22)26-17(15)25-10(2)20/h3-7,12-15,17,21H,8H2,1-2H3,(H2,18,22)/t12-,13-,14+,15+,17-/m0/s1. The van der Waals surface area contributed by atoms with Crippen molar-refractivity contribution in [3.05, 3.63) is 35.9 Å². The highest BCUT2D eigenvalue weighted by Crippen LogP contribution is 2.28. The number of hydrogen-bond donors (Lipinski definition) is 2. The molecule has 0 saturated carbocycles. The number of aliphatic hydroxyl groups is 1. The summed E-state index contributed by atoms with van der Waals surface area (Å²) < 4.78 is 21.0. The van der Waals surface area contributed by atoms with Crippen molar-refractivity contribution >= 4 is 17.8 Å². The van der Waals surface area contributed by atoms with Crippen LogP contribution in [0.4, 0.5) is 0 Å². The minimum absolute atomic E-state index is 0.0542. The number of carbonyl (C=O) groups excluding carboxylic acids is 3. The van der Waals surface area contributed by atoms with E-state index in [1.165, 1.54) is 0 Å². The summed E-state index contributed by atoms with van der Waals surface area (Å²) in [5, 5.41) is 10.4. The number of hydrogen-bond acceptors (Lipinski definition) is 8. The molecule has 0 aromatic heterocycles. The molecule has 9 nitrogen and oxygen atoms in total. The van der Waals surface area contributed by atoms with Crippen LogP contribution in [0, 0.1) is 0 Å². The van der Waals surface area contributed by atoms with Gasteiger partial charge in [-0.2, -0.15) is 0 Å². The van der Waals surface area contributed by atoms with Gasteiger partial charge in [-0.15, -0.1) is 0 Å². The summed E-state index contributed by atoms with van der Waals surface area (Å²) in [5.74, 6) is -2.40. The van der Waals surface area contributed by atoms with Crippen molar-refractivity contribution in [2.24, 2.45) is 5.73 Å². The van der Waals surface area contributed by atoms with Crippen molar-refractivity contribution in [2.45, 2.75) is 51.2 Å². The van der Waals surface area contributed by atoms with Gasteiger partial charge in [0.05, 0.1) is 6.61 Å². The van der Waals surface area contributed by atoms with Gasteiger partial charge < -0.3 is 29.8 Å². The minimum atomic E-state index is -1.52. The third-order valence-electron chi connectivity index (χ3n) is 3.67. The van der Waals surface area contributed by atoms with Crippen LogP contribution in [0.15, 0.2) is 30.3 Å². The normalized spacial score (nSPS) is 28.2. The van der Waals surface area contributed by atoms with E-state index in [1.807, 2.05) is 6.07 Å². The van der Waals surface area contributed by atoms with Crippen molar-refractivity contribution in [1.29, 1.82) is 0 Å². The summed E-state index contributed by atoms with van der Waals surface area (Å²) in [4.78, 5) is 34.3. The van der Waals surface area contributed by atoms with Gasteiger partial charge in [-0.25, -0.2) is 0 Å². The molecule has 1 saturated heterocycles. The molecule has 3 N–H and O–H groups in total. The van der Waals surface area contributed by atoms with Crippen LogP contribution in [0.25, 0.3) is 0 Å². The summed E-state index contributed by atoms with van der Waals surface area (Å²) in [5.41, 5.74) is 6.02. The first-order valence-corrected chi connectivity index (χ1v) is 7.92. The average molecular weight is 367 g/mol. The topological polar surface area (TPSA) is 134 Å². The summed E-state index contributed by atoms with van der Waals surface area (Å²) in [6, 6.07) is 9.02. The third-order valence-corrected chi connectivity index (χ3v) is 3.67. The number of esters is 2. The second-order valence-electron chi connectivity index (χ2n) is 5.76. The van der Waals surface area contributed by atoms with Gasteiger partial charge in [-0.3, -0.25) is 14.4 Å². The van der Waals surface area contributed by atoms with Gasteiger partial charge in [0.2, 0.25) is 12.2 Å². The predicted molar refractivity (Wildman–Crippen MR) is 86.2 cm³/mol. The van der Waals surface area contributed by atoms with E-state index in [2.05, 4.69) is 0 Å². The smallest absolute Gasteiger partial charge is 0.305 e. The van der Waals surface area contributed by atoms with Gasteiger partial charge in [0, 0.05) is 13.8 Å². The van der Waals surface area contributed by atoms with Gasteiger partial charge in [0.15, 0.2) is 12.2 Å². The molecule has 26 heavy (non-hydrogen) atoms. The van der Waals surface area contributed by atoms with E-state index in [0.29, 0.717) is 0 Å². The molecular formula is C17H21NO8. The Kier molecular flexibility index (Phi) is 6.67. The Hall–Kier alpha value is -2.49. The number of primary amides is 1. The van der Waals surface area contributed by atoms with Crippen LogP contribution < -0.4 is 5.73 Å². The van der Waals surface area contributed by atoms with Crippen molar-refractivity contribution in [3.63, 3.8) is 0 Å². The number of aliphatic hydroxyl groups excluding tert-OH is 1. The van der Waals surface area contributed by atoms with Gasteiger partial charge >= 0.3 is 11.9 Å². The largest absolute Gasteiger partial charge is 0.453 e. The van der Waals surface area contributed by atoms with E-state index in [0.717, 1.165) is 19.4 Å². The van der Waals surface area contributed by atoms with Crippen LogP contribution >= 0.6 is 0 Å². The molecule has 1 fully saturated rings. The van der Waals surface area contributed by atoms with E-state index >= 15 is 0 Å². The fraction of sp³-hybridized carbons (Fsp3) is 0.471. The van der Waals surface area contributed by atoms with E-state index in [1.54, 1.807) is 24.3 Å². The van der Waals surface area contributed by atoms with Crippen LogP contribution in [-0.2, 0) is 39.9 Å². The predicted octanol–water partition coefficient (Wildman–Crippen LogP) is -0.362. The maximum atomic E-state index is 11.6.